The largest absolute Gasteiger partial charge is 0.256 e. The summed E-state index contributed by atoms with van der Waals surface area (Å²) < 4.78 is 0. The number of nitrogens with zero attached hydrogens (tertiary/aromatic N) is 2. The first-order valence-corrected chi connectivity index (χ1v) is 12.1. The van der Waals surface area contributed by atoms with Gasteiger partial charge in [-0.1, -0.05) is 121 Å². The average Bonchev–Trinajstić information content (AvgIpc) is 2.98. The predicted octanol–water partition coefficient (Wildman–Crippen LogP) is 8.81. The van der Waals surface area contributed by atoms with Crippen molar-refractivity contribution in [1.82, 2.24) is 9.97 Å². The molecular weight excluding hydrogens is 436 g/mol. The van der Waals surface area contributed by atoms with Gasteiger partial charge >= 0.3 is 0 Å². The Bertz CT molecular complexity index is 1500. The Morgan fingerprint density at radius 2 is 0.611 bits per heavy atom. The Hall–Kier alpha value is -4.82. The molecule has 0 aliphatic heterocycles. The van der Waals surface area contributed by atoms with E-state index in [9.17, 15) is 0 Å². The minimum Gasteiger partial charge on any atom is -0.256 e. The molecule has 6 rings (SSSR count). The van der Waals surface area contributed by atoms with E-state index in [1.165, 1.54) is 0 Å². The Morgan fingerprint density at radius 1 is 0.278 bits per heavy atom. The minimum absolute atomic E-state index is 0.971. The highest BCUT2D eigenvalue weighted by molar-refractivity contribution is 5.96. The second-order valence-electron chi connectivity index (χ2n) is 8.62. The van der Waals surface area contributed by atoms with Gasteiger partial charge < -0.3 is 0 Å². The molecule has 6 aromatic rings. The molecule has 0 radical (unpaired) electrons. The standard InChI is InChI=1S/C34H24N2/c1-3-13-25(14-4-1)27-21-11-23-35-33(27)31-19-9-7-17-29(31)30-18-8-10-20-32(30)34-28(22-12-24-36-34)26-15-5-2-6-16-26/h1-24H. The van der Waals surface area contributed by atoms with Crippen molar-refractivity contribution in [3.05, 3.63) is 146 Å². The molecule has 0 N–H and O–H groups in total. The summed E-state index contributed by atoms with van der Waals surface area (Å²) in [6, 6.07) is 46.3. The zero-order valence-corrected chi connectivity index (χ0v) is 19.8. The SMILES string of the molecule is c1ccc(-c2cccnc2-c2ccccc2-c2ccccc2-c2ncccc2-c2ccccc2)cc1. The summed E-state index contributed by atoms with van der Waals surface area (Å²) in [6.07, 6.45) is 3.74. The summed E-state index contributed by atoms with van der Waals surface area (Å²) in [5.41, 5.74) is 10.9. The van der Waals surface area contributed by atoms with Gasteiger partial charge in [0, 0.05) is 34.6 Å². The molecule has 0 spiro atoms. The van der Waals surface area contributed by atoms with Crippen molar-refractivity contribution in [3.63, 3.8) is 0 Å². The van der Waals surface area contributed by atoms with Gasteiger partial charge in [0.15, 0.2) is 0 Å². The summed E-state index contributed by atoms with van der Waals surface area (Å²) >= 11 is 0. The van der Waals surface area contributed by atoms with Gasteiger partial charge in [0.05, 0.1) is 11.4 Å². The highest BCUT2D eigenvalue weighted by atomic mass is 14.7. The number of rotatable bonds is 5. The van der Waals surface area contributed by atoms with E-state index in [1.807, 2.05) is 36.7 Å². The lowest BCUT2D eigenvalue weighted by Crippen LogP contribution is -1.95. The quantitative estimate of drug-likeness (QED) is 0.257. The second kappa shape index (κ2) is 9.81. The molecule has 0 atom stereocenters. The van der Waals surface area contributed by atoms with Crippen molar-refractivity contribution < 1.29 is 0 Å². The van der Waals surface area contributed by atoms with Crippen LogP contribution < -0.4 is 0 Å². The van der Waals surface area contributed by atoms with Crippen LogP contribution in [-0.4, -0.2) is 9.97 Å². The fraction of sp³-hybridized carbons (Fsp3) is 0. The minimum atomic E-state index is 0.971. The van der Waals surface area contributed by atoms with E-state index in [2.05, 4.69) is 109 Å². The van der Waals surface area contributed by atoms with Crippen LogP contribution in [0, 0.1) is 0 Å². The third kappa shape index (κ3) is 4.10. The number of benzene rings is 4. The maximum atomic E-state index is 4.86. The van der Waals surface area contributed by atoms with Crippen LogP contribution in [0.5, 0.6) is 0 Å². The smallest absolute Gasteiger partial charge is 0.0786 e. The highest BCUT2D eigenvalue weighted by Gasteiger charge is 2.18. The van der Waals surface area contributed by atoms with Gasteiger partial charge in [0.1, 0.15) is 0 Å². The van der Waals surface area contributed by atoms with Crippen LogP contribution >= 0.6 is 0 Å². The van der Waals surface area contributed by atoms with Crippen molar-refractivity contribution in [3.8, 4) is 55.9 Å². The summed E-state index contributed by atoms with van der Waals surface area (Å²) in [7, 11) is 0. The maximum Gasteiger partial charge on any atom is 0.0786 e. The van der Waals surface area contributed by atoms with E-state index in [-0.39, 0.29) is 0 Å². The predicted molar refractivity (Wildman–Crippen MR) is 149 cm³/mol. The van der Waals surface area contributed by atoms with Crippen molar-refractivity contribution in [1.29, 1.82) is 0 Å². The molecule has 0 amide bonds. The summed E-state index contributed by atoms with van der Waals surface area (Å²) in [6.45, 7) is 0. The van der Waals surface area contributed by atoms with Crippen LogP contribution in [-0.2, 0) is 0 Å². The molecule has 0 aliphatic rings. The lowest BCUT2D eigenvalue weighted by molar-refractivity contribution is 1.32. The number of aromatic nitrogens is 2. The van der Waals surface area contributed by atoms with Gasteiger partial charge in [0.25, 0.3) is 0 Å². The highest BCUT2D eigenvalue weighted by Crippen LogP contribution is 2.41. The van der Waals surface area contributed by atoms with Crippen molar-refractivity contribution in [2.24, 2.45) is 0 Å². The first-order valence-electron chi connectivity index (χ1n) is 12.1. The molecule has 0 saturated heterocycles. The van der Waals surface area contributed by atoms with E-state index in [0.717, 1.165) is 55.9 Å². The lowest BCUT2D eigenvalue weighted by Gasteiger charge is -2.17. The Kier molecular flexibility index (Phi) is 5.91. The molecule has 0 bridgehead atoms. The van der Waals surface area contributed by atoms with Gasteiger partial charge in [-0.2, -0.15) is 0 Å². The first-order chi connectivity index (χ1) is 17.9. The Labute approximate surface area is 211 Å². The zero-order chi connectivity index (χ0) is 24.2. The van der Waals surface area contributed by atoms with E-state index in [4.69, 9.17) is 9.97 Å². The van der Waals surface area contributed by atoms with Crippen LogP contribution in [0.1, 0.15) is 0 Å². The van der Waals surface area contributed by atoms with Crippen LogP contribution in [0.2, 0.25) is 0 Å². The second-order valence-corrected chi connectivity index (χ2v) is 8.62. The van der Waals surface area contributed by atoms with Crippen molar-refractivity contribution in [2.75, 3.05) is 0 Å². The molecule has 2 heterocycles. The fourth-order valence-corrected chi connectivity index (χ4v) is 4.79. The van der Waals surface area contributed by atoms with Gasteiger partial charge in [-0.25, -0.2) is 0 Å². The summed E-state index contributed by atoms with van der Waals surface area (Å²) in [5, 5.41) is 0. The molecule has 36 heavy (non-hydrogen) atoms. The van der Waals surface area contributed by atoms with Crippen molar-refractivity contribution >= 4 is 0 Å². The van der Waals surface area contributed by atoms with Gasteiger partial charge in [-0.15, -0.1) is 0 Å². The molecule has 0 fully saturated rings. The Balaban J connectivity index is 1.56. The van der Waals surface area contributed by atoms with Crippen LogP contribution in [0.25, 0.3) is 55.9 Å². The molecule has 2 nitrogen and oxygen atoms in total. The van der Waals surface area contributed by atoms with E-state index < -0.39 is 0 Å². The number of hydrogen-bond acceptors (Lipinski definition) is 2. The van der Waals surface area contributed by atoms with Crippen LogP contribution in [0.3, 0.4) is 0 Å². The molecular formula is C34H24N2. The maximum absolute atomic E-state index is 4.86. The van der Waals surface area contributed by atoms with Crippen LogP contribution in [0.4, 0.5) is 0 Å². The monoisotopic (exact) mass is 460 g/mol. The molecule has 170 valence electrons. The summed E-state index contributed by atoms with van der Waals surface area (Å²) in [5.74, 6) is 0. The molecule has 4 aromatic carbocycles. The number of pyridine rings is 2. The first kappa shape index (κ1) is 21.7. The number of hydrogen-bond donors (Lipinski definition) is 0. The molecule has 2 aromatic heterocycles. The average molecular weight is 461 g/mol. The van der Waals surface area contributed by atoms with Crippen LogP contribution in [0.15, 0.2) is 146 Å². The fourth-order valence-electron chi connectivity index (χ4n) is 4.79. The van der Waals surface area contributed by atoms with Gasteiger partial charge in [-0.3, -0.25) is 9.97 Å². The third-order valence-corrected chi connectivity index (χ3v) is 6.44. The topological polar surface area (TPSA) is 25.8 Å². The zero-order valence-electron chi connectivity index (χ0n) is 19.8. The molecule has 0 saturated carbocycles. The van der Waals surface area contributed by atoms with E-state index in [0.29, 0.717) is 0 Å². The van der Waals surface area contributed by atoms with E-state index in [1.54, 1.807) is 0 Å². The lowest BCUT2D eigenvalue weighted by atomic mass is 9.88. The molecule has 0 unspecified atom stereocenters. The van der Waals surface area contributed by atoms with E-state index >= 15 is 0 Å². The third-order valence-electron chi connectivity index (χ3n) is 6.44. The van der Waals surface area contributed by atoms with Gasteiger partial charge in [0.2, 0.25) is 0 Å². The Morgan fingerprint density at radius 3 is 1.03 bits per heavy atom. The molecule has 0 aliphatic carbocycles. The van der Waals surface area contributed by atoms with Crippen molar-refractivity contribution in [2.45, 2.75) is 0 Å². The van der Waals surface area contributed by atoms with Gasteiger partial charge in [-0.05, 0) is 34.4 Å². The normalized spacial score (nSPS) is 10.8. The summed E-state index contributed by atoms with van der Waals surface area (Å²) in [4.78, 5) is 9.73. The molecule has 2 heteroatoms.